The van der Waals surface area contributed by atoms with Crippen molar-refractivity contribution in [2.45, 2.75) is 19.3 Å². The predicted molar refractivity (Wildman–Crippen MR) is 79.8 cm³/mol. The molecule has 1 atom stereocenters. The van der Waals surface area contributed by atoms with Gasteiger partial charge >= 0.3 is 0 Å². The SMILES string of the molecule is Cc1ccc(CC(CCl)c2ccccc2F)c(Cl)c1. The maximum Gasteiger partial charge on any atom is 0.126 e. The summed E-state index contributed by atoms with van der Waals surface area (Å²) in [5.41, 5.74) is 2.76. The molecule has 0 radical (unpaired) electrons. The van der Waals surface area contributed by atoms with Crippen LogP contribution >= 0.6 is 23.2 Å². The van der Waals surface area contributed by atoms with Gasteiger partial charge in [0.05, 0.1) is 0 Å². The first-order valence-corrected chi connectivity index (χ1v) is 7.08. The van der Waals surface area contributed by atoms with E-state index in [2.05, 4.69) is 0 Å². The van der Waals surface area contributed by atoms with E-state index >= 15 is 0 Å². The van der Waals surface area contributed by atoms with Gasteiger partial charge in [-0.05, 0) is 42.2 Å². The molecule has 0 aliphatic heterocycles. The zero-order valence-electron chi connectivity index (χ0n) is 10.7. The third-order valence-corrected chi connectivity index (χ3v) is 3.93. The summed E-state index contributed by atoms with van der Waals surface area (Å²) in [6.07, 6.45) is 0.642. The zero-order valence-corrected chi connectivity index (χ0v) is 12.2. The molecule has 0 saturated heterocycles. The maximum absolute atomic E-state index is 13.8. The molecule has 0 fully saturated rings. The molecular weight excluding hydrogens is 282 g/mol. The second kappa shape index (κ2) is 6.40. The molecule has 0 N–H and O–H groups in total. The van der Waals surface area contributed by atoms with Crippen molar-refractivity contribution in [1.82, 2.24) is 0 Å². The lowest BCUT2D eigenvalue weighted by molar-refractivity contribution is 0.589. The summed E-state index contributed by atoms with van der Waals surface area (Å²) in [7, 11) is 0. The van der Waals surface area contributed by atoms with Crippen LogP contribution in [0.25, 0.3) is 0 Å². The van der Waals surface area contributed by atoms with E-state index in [4.69, 9.17) is 23.2 Å². The fourth-order valence-electron chi connectivity index (χ4n) is 2.14. The fourth-order valence-corrected chi connectivity index (χ4v) is 2.72. The van der Waals surface area contributed by atoms with E-state index in [9.17, 15) is 4.39 Å². The van der Waals surface area contributed by atoms with Crippen LogP contribution in [0.1, 0.15) is 22.6 Å². The Labute approximate surface area is 123 Å². The highest BCUT2D eigenvalue weighted by Gasteiger charge is 2.16. The molecule has 0 bridgehead atoms. The molecule has 2 aromatic carbocycles. The van der Waals surface area contributed by atoms with Crippen molar-refractivity contribution in [3.63, 3.8) is 0 Å². The van der Waals surface area contributed by atoms with Gasteiger partial charge in [-0.15, -0.1) is 11.6 Å². The lowest BCUT2D eigenvalue weighted by Crippen LogP contribution is -2.07. The molecule has 1 unspecified atom stereocenters. The van der Waals surface area contributed by atoms with Gasteiger partial charge in [0.1, 0.15) is 5.82 Å². The molecule has 0 amide bonds. The van der Waals surface area contributed by atoms with Crippen LogP contribution in [0.3, 0.4) is 0 Å². The Morgan fingerprint density at radius 3 is 2.53 bits per heavy atom. The quantitative estimate of drug-likeness (QED) is 0.667. The van der Waals surface area contributed by atoms with Gasteiger partial charge in [0.25, 0.3) is 0 Å². The van der Waals surface area contributed by atoms with Crippen LogP contribution in [0.4, 0.5) is 4.39 Å². The Morgan fingerprint density at radius 1 is 1.16 bits per heavy atom. The maximum atomic E-state index is 13.8. The molecule has 19 heavy (non-hydrogen) atoms. The van der Waals surface area contributed by atoms with Crippen LogP contribution in [0, 0.1) is 12.7 Å². The molecule has 2 rings (SSSR count). The highest BCUT2D eigenvalue weighted by molar-refractivity contribution is 6.31. The normalized spacial score (nSPS) is 12.4. The Hall–Kier alpha value is -1.05. The molecule has 0 heterocycles. The minimum atomic E-state index is -0.212. The second-order valence-corrected chi connectivity index (χ2v) is 5.39. The van der Waals surface area contributed by atoms with Crippen molar-refractivity contribution in [3.8, 4) is 0 Å². The van der Waals surface area contributed by atoms with Crippen LogP contribution in [0.5, 0.6) is 0 Å². The van der Waals surface area contributed by atoms with Crippen molar-refractivity contribution >= 4 is 23.2 Å². The van der Waals surface area contributed by atoms with Crippen LogP contribution in [0.2, 0.25) is 5.02 Å². The average molecular weight is 297 g/mol. The van der Waals surface area contributed by atoms with Crippen molar-refractivity contribution < 1.29 is 4.39 Å². The molecular formula is C16H15Cl2F. The highest BCUT2D eigenvalue weighted by Crippen LogP contribution is 2.28. The summed E-state index contributed by atoms with van der Waals surface area (Å²) in [4.78, 5) is 0. The molecule has 0 aromatic heterocycles. The van der Waals surface area contributed by atoms with Crippen molar-refractivity contribution in [2.75, 3.05) is 5.88 Å². The lowest BCUT2D eigenvalue weighted by atomic mass is 9.93. The third-order valence-electron chi connectivity index (χ3n) is 3.21. The molecule has 0 saturated carbocycles. The molecule has 3 heteroatoms. The van der Waals surface area contributed by atoms with Gasteiger partial charge in [-0.3, -0.25) is 0 Å². The first kappa shape index (κ1) is 14.4. The van der Waals surface area contributed by atoms with Crippen LogP contribution in [-0.4, -0.2) is 5.88 Å². The number of halogens is 3. The second-order valence-electron chi connectivity index (χ2n) is 4.67. The fraction of sp³-hybridized carbons (Fsp3) is 0.250. The highest BCUT2D eigenvalue weighted by atomic mass is 35.5. The molecule has 0 aliphatic rings. The standard InChI is InChI=1S/C16H15Cl2F/c1-11-6-7-12(15(18)8-11)9-13(10-17)14-4-2-3-5-16(14)19/h2-8,13H,9-10H2,1H3. The van der Waals surface area contributed by atoms with Crippen molar-refractivity contribution in [2.24, 2.45) is 0 Å². The molecule has 2 aromatic rings. The van der Waals surface area contributed by atoms with E-state index in [1.807, 2.05) is 31.2 Å². The Morgan fingerprint density at radius 2 is 1.89 bits per heavy atom. The van der Waals surface area contributed by atoms with Gasteiger partial charge in [0, 0.05) is 16.8 Å². The topological polar surface area (TPSA) is 0 Å². The van der Waals surface area contributed by atoms with Gasteiger partial charge in [0.2, 0.25) is 0 Å². The minimum Gasteiger partial charge on any atom is -0.207 e. The number of benzene rings is 2. The van der Waals surface area contributed by atoms with E-state index in [0.29, 0.717) is 22.9 Å². The van der Waals surface area contributed by atoms with Crippen molar-refractivity contribution in [1.29, 1.82) is 0 Å². The molecule has 0 aliphatic carbocycles. The van der Waals surface area contributed by atoms with Gasteiger partial charge in [-0.2, -0.15) is 0 Å². The molecule has 0 spiro atoms. The van der Waals surface area contributed by atoms with Gasteiger partial charge in [-0.1, -0.05) is 41.9 Å². The van der Waals surface area contributed by atoms with E-state index in [1.54, 1.807) is 12.1 Å². The van der Waals surface area contributed by atoms with Gasteiger partial charge < -0.3 is 0 Å². The number of alkyl halides is 1. The van der Waals surface area contributed by atoms with Crippen LogP contribution in [0.15, 0.2) is 42.5 Å². The summed E-state index contributed by atoms with van der Waals surface area (Å²) in [6.45, 7) is 1.99. The van der Waals surface area contributed by atoms with Gasteiger partial charge in [-0.25, -0.2) is 4.39 Å². The predicted octanol–water partition coefficient (Wildman–Crippen LogP) is 5.35. The number of hydrogen-bond acceptors (Lipinski definition) is 0. The summed E-state index contributed by atoms with van der Waals surface area (Å²) in [6, 6.07) is 12.7. The van der Waals surface area contributed by atoms with E-state index in [0.717, 1.165) is 11.1 Å². The number of hydrogen-bond donors (Lipinski definition) is 0. The number of aryl methyl sites for hydroxylation is 1. The summed E-state index contributed by atoms with van der Waals surface area (Å²) < 4.78 is 13.8. The first-order valence-electron chi connectivity index (χ1n) is 6.17. The minimum absolute atomic E-state index is 0.0666. The van der Waals surface area contributed by atoms with E-state index in [-0.39, 0.29) is 11.7 Å². The summed E-state index contributed by atoms with van der Waals surface area (Å²) in [5, 5.41) is 0.714. The molecule has 100 valence electrons. The largest absolute Gasteiger partial charge is 0.207 e. The molecule has 0 nitrogen and oxygen atoms in total. The van der Waals surface area contributed by atoms with E-state index in [1.165, 1.54) is 6.07 Å². The zero-order chi connectivity index (χ0) is 13.8. The monoisotopic (exact) mass is 296 g/mol. The lowest BCUT2D eigenvalue weighted by Gasteiger charge is -2.16. The Kier molecular flexibility index (Phi) is 4.84. The Balaban J connectivity index is 2.27. The summed E-state index contributed by atoms with van der Waals surface area (Å²) >= 11 is 12.2. The summed E-state index contributed by atoms with van der Waals surface area (Å²) in [5.74, 6) is 0.0879. The smallest absolute Gasteiger partial charge is 0.126 e. The van der Waals surface area contributed by atoms with E-state index < -0.39 is 0 Å². The third kappa shape index (κ3) is 3.49. The van der Waals surface area contributed by atoms with Crippen LogP contribution < -0.4 is 0 Å². The van der Waals surface area contributed by atoms with Crippen LogP contribution in [-0.2, 0) is 6.42 Å². The van der Waals surface area contributed by atoms with Crippen molar-refractivity contribution in [3.05, 3.63) is 70.0 Å². The number of rotatable bonds is 4. The first-order chi connectivity index (χ1) is 9.11. The Bertz CT molecular complexity index is 566. The van der Waals surface area contributed by atoms with Gasteiger partial charge in [0.15, 0.2) is 0 Å². The average Bonchev–Trinajstić information content (AvgIpc) is 2.39.